The second-order valence-corrected chi connectivity index (χ2v) is 6.63. The molecule has 1 N–H and O–H groups in total. The van der Waals surface area contributed by atoms with Gasteiger partial charge in [-0.15, -0.1) is 0 Å². The molecule has 1 heterocycles. The molecule has 2 aliphatic rings. The van der Waals surface area contributed by atoms with Crippen LogP contribution in [0.1, 0.15) is 51.9 Å². The van der Waals surface area contributed by atoms with Crippen molar-refractivity contribution in [1.29, 1.82) is 0 Å². The van der Waals surface area contributed by atoms with E-state index in [1.54, 1.807) is 7.11 Å². The third kappa shape index (κ3) is 3.95. The van der Waals surface area contributed by atoms with Crippen LogP contribution in [-0.4, -0.2) is 50.2 Å². The molecule has 1 atom stereocenters. The Morgan fingerprint density at radius 3 is 2.45 bits per heavy atom. The lowest BCUT2D eigenvalue weighted by Gasteiger charge is -2.33. The van der Waals surface area contributed by atoms with Crippen molar-refractivity contribution in [2.75, 3.05) is 33.4 Å². The van der Waals surface area contributed by atoms with Crippen LogP contribution in [0.5, 0.6) is 0 Å². The zero-order valence-electron chi connectivity index (χ0n) is 13.1. The molecular weight excluding hydrogens is 252 g/mol. The van der Waals surface area contributed by atoms with Gasteiger partial charge in [0.15, 0.2) is 0 Å². The summed E-state index contributed by atoms with van der Waals surface area (Å²) in [6.45, 7) is 5.72. The van der Waals surface area contributed by atoms with Crippen molar-refractivity contribution >= 4 is 5.91 Å². The maximum absolute atomic E-state index is 12.4. The van der Waals surface area contributed by atoms with Crippen LogP contribution >= 0.6 is 0 Å². The Labute approximate surface area is 123 Å². The lowest BCUT2D eigenvalue weighted by atomic mass is 9.87. The van der Waals surface area contributed by atoms with E-state index < -0.39 is 0 Å². The topological polar surface area (TPSA) is 41.6 Å². The van der Waals surface area contributed by atoms with Crippen LogP contribution in [0, 0.1) is 5.41 Å². The normalized spacial score (nSPS) is 24.5. The molecule has 0 radical (unpaired) electrons. The standard InChI is InChI=1S/C16H30N2O2/c1-14(18-10-6-3-7-11-18)15(19)17-12-16(13-20-2)8-4-5-9-16/h14H,3-13H2,1-2H3,(H,17,19)/t14-/m0/s1. The predicted molar refractivity (Wildman–Crippen MR) is 80.7 cm³/mol. The molecule has 1 aliphatic heterocycles. The molecule has 1 amide bonds. The number of hydrogen-bond donors (Lipinski definition) is 1. The number of carbonyl (C=O) groups is 1. The zero-order chi connectivity index (χ0) is 14.4. The minimum Gasteiger partial charge on any atom is -0.384 e. The average molecular weight is 282 g/mol. The first-order valence-electron chi connectivity index (χ1n) is 8.18. The number of likely N-dealkylation sites (tertiary alicyclic amines) is 1. The number of nitrogens with one attached hydrogen (secondary N) is 1. The monoisotopic (exact) mass is 282 g/mol. The molecule has 1 saturated heterocycles. The van der Waals surface area contributed by atoms with Crippen LogP contribution in [0.3, 0.4) is 0 Å². The van der Waals surface area contributed by atoms with Gasteiger partial charge in [-0.1, -0.05) is 19.3 Å². The van der Waals surface area contributed by atoms with Crippen LogP contribution in [0.25, 0.3) is 0 Å². The fourth-order valence-corrected chi connectivity index (χ4v) is 3.70. The highest BCUT2D eigenvalue weighted by atomic mass is 16.5. The van der Waals surface area contributed by atoms with Gasteiger partial charge < -0.3 is 10.1 Å². The number of carbonyl (C=O) groups excluding carboxylic acids is 1. The second kappa shape index (κ2) is 7.41. The Balaban J connectivity index is 1.80. The smallest absolute Gasteiger partial charge is 0.237 e. The first-order valence-corrected chi connectivity index (χ1v) is 8.18. The fourth-order valence-electron chi connectivity index (χ4n) is 3.70. The Kier molecular flexibility index (Phi) is 5.85. The molecule has 0 unspecified atom stereocenters. The summed E-state index contributed by atoms with van der Waals surface area (Å²) < 4.78 is 5.38. The minimum atomic E-state index is 0.0105. The SMILES string of the molecule is COCC1(CNC(=O)[C@H](C)N2CCCCC2)CCCC1. The summed E-state index contributed by atoms with van der Waals surface area (Å²) in [5, 5.41) is 3.19. The van der Waals surface area contributed by atoms with Gasteiger partial charge in [0, 0.05) is 19.1 Å². The van der Waals surface area contributed by atoms with Gasteiger partial charge >= 0.3 is 0 Å². The summed E-state index contributed by atoms with van der Waals surface area (Å²) in [5.74, 6) is 0.189. The molecule has 0 aromatic heterocycles. The van der Waals surface area contributed by atoms with E-state index in [0.29, 0.717) is 0 Å². The molecule has 1 saturated carbocycles. The molecule has 1 aliphatic carbocycles. The molecule has 2 fully saturated rings. The van der Waals surface area contributed by atoms with E-state index in [-0.39, 0.29) is 17.4 Å². The highest BCUT2D eigenvalue weighted by Crippen LogP contribution is 2.37. The van der Waals surface area contributed by atoms with Crippen molar-refractivity contribution in [3.05, 3.63) is 0 Å². The number of rotatable bonds is 6. The van der Waals surface area contributed by atoms with Crippen LogP contribution < -0.4 is 5.32 Å². The molecule has 0 bridgehead atoms. The average Bonchev–Trinajstić information content (AvgIpc) is 2.94. The summed E-state index contributed by atoms with van der Waals surface area (Å²) in [4.78, 5) is 14.7. The Hall–Kier alpha value is -0.610. The Bertz CT molecular complexity index is 308. The predicted octanol–water partition coefficient (Wildman–Crippen LogP) is 2.18. The molecule has 0 spiro atoms. The van der Waals surface area contributed by atoms with E-state index in [9.17, 15) is 4.79 Å². The van der Waals surface area contributed by atoms with Gasteiger partial charge in [0.05, 0.1) is 12.6 Å². The van der Waals surface area contributed by atoms with Gasteiger partial charge in [-0.05, 0) is 45.7 Å². The fraction of sp³-hybridized carbons (Fsp3) is 0.938. The first-order chi connectivity index (χ1) is 9.67. The largest absolute Gasteiger partial charge is 0.384 e. The van der Waals surface area contributed by atoms with Crippen LogP contribution in [-0.2, 0) is 9.53 Å². The van der Waals surface area contributed by atoms with Crippen molar-refractivity contribution in [3.63, 3.8) is 0 Å². The summed E-state index contributed by atoms with van der Waals surface area (Å²) in [7, 11) is 1.76. The Morgan fingerprint density at radius 1 is 1.20 bits per heavy atom. The molecule has 116 valence electrons. The van der Waals surface area contributed by atoms with Crippen LogP contribution in [0.15, 0.2) is 0 Å². The summed E-state index contributed by atoms with van der Waals surface area (Å²) >= 11 is 0. The summed E-state index contributed by atoms with van der Waals surface area (Å²) in [6, 6.07) is 0.0105. The van der Waals surface area contributed by atoms with Crippen LogP contribution in [0.4, 0.5) is 0 Å². The van der Waals surface area contributed by atoms with Gasteiger partial charge in [-0.3, -0.25) is 9.69 Å². The zero-order valence-corrected chi connectivity index (χ0v) is 13.1. The molecule has 0 aromatic carbocycles. The number of piperidine rings is 1. The van der Waals surface area contributed by atoms with Crippen molar-refractivity contribution < 1.29 is 9.53 Å². The van der Waals surface area contributed by atoms with E-state index >= 15 is 0 Å². The summed E-state index contributed by atoms with van der Waals surface area (Å²) in [6.07, 6.45) is 8.65. The second-order valence-electron chi connectivity index (χ2n) is 6.63. The van der Waals surface area contributed by atoms with Gasteiger partial charge in [-0.25, -0.2) is 0 Å². The molecule has 4 nitrogen and oxygen atoms in total. The van der Waals surface area contributed by atoms with E-state index in [1.807, 2.05) is 6.92 Å². The van der Waals surface area contributed by atoms with Gasteiger partial charge in [-0.2, -0.15) is 0 Å². The maximum atomic E-state index is 12.4. The van der Waals surface area contributed by atoms with Crippen molar-refractivity contribution in [2.45, 2.75) is 57.9 Å². The highest BCUT2D eigenvalue weighted by Gasteiger charge is 2.35. The van der Waals surface area contributed by atoms with Crippen molar-refractivity contribution in [2.24, 2.45) is 5.41 Å². The van der Waals surface area contributed by atoms with E-state index in [1.165, 1.54) is 44.9 Å². The molecule has 2 rings (SSSR count). The Morgan fingerprint density at radius 2 is 1.85 bits per heavy atom. The molecule has 0 aromatic rings. The lowest BCUT2D eigenvalue weighted by Crippen LogP contribution is -2.49. The molecular formula is C16H30N2O2. The first kappa shape index (κ1) is 15.8. The number of amides is 1. The van der Waals surface area contributed by atoms with Crippen LogP contribution in [0.2, 0.25) is 0 Å². The number of hydrogen-bond acceptors (Lipinski definition) is 3. The third-order valence-electron chi connectivity index (χ3n) is 5.07. The molecule has 4 heteroatoms. The van der Waals surface area contributed by atoms with Crippen molar-refractivity contribution in [1.82, 2.24) is 10.2 Å². The number of nitrogens with zero attached hydrogens (tertiary/aromatic N) is 1. The van der Waals surface area contributed by atoms with E-state index in [4.69, 9.17) is 4.74 Å². The third-order valence-corrected chi connectivity index (χ3v) is 5.07. The van der Waals surface area contributed by atoms with Crippen molar-refractivity contribution in [3.8, 4) is 0 Å². The summed E-state index contributed by atoms with van der Waals surface area (Å²) in [5.41, 5.74) is 0.187. The minimum absolute atomic E-state index is 0.0105. The quantitative estimate of drug-likeness (QED) is 0.812. The van der Waals surface area contributed by atoms with Gasteiger partial charge in [0.25, 0.3) is 0 Å². The lowest BCUT2D eigenvalue weighted by molar-refractivity contribution is -0.127. The van der Waals surface area contributed by atoms with E-state index in [2.05, 4.69) is 10.2 Å². The maximum Gasteiger partial charge on any atom is 0.237 e. The van der Waals surface area contributed by atoms with E-state index in [0.717, 1.165) is 26.2 Å². The van der Waals surface area contributed by atoms with Gasteiger partial charge in [0.2, 0.25) is 5.91 Å². The van der Waals surface area contributed by atoms with Gasteiger partial charge in [0.1, 0.15) is 0 Å². The molecule has 20 heavy (non-hydrogen) atoms. The number of ether oxygens (including phenoxy) is 1. The highest BCUT2D eigenvalue weighted by molar-refractivity contribution is 5.81. The number of methoxy groups -OCH3 is 1.